The van der Waals surface area contributed by atoms with E-state index < -0.39 is 11.7 Å². The van der Waals surface area contributed by atoms with Gasteiger partial charge in [0.1, 0.15) is 0 Å². The number of halogens is 3. The van der Waals surface area contributed by atoms with E-state index in [0.29, 0.717) is 12.2 Å². The molecule has 0 aliphatic carbocycles. The average molecular weight is 386 g/mol. The van der Waals surface area contributed by atoms with E-state index in [1.165, 1.54) is 44.2 Å². The lowest BCUT2D eigenvalue weighted by Gasteiger charge is -2.08. The fourth-order valence-electron chi connectivity index (χ4n) is 2.79. The minimum absolute atomic E-state index is 0.427. The number of unbranched alkanes of at least 4 members (excludes halogenated alkanes) is 6. The first kappa shape index (κ1) is 21.9. The van der Waals surface area contributed by atoms with Crippen molar-refractivity contribution in [2.24, 2.45) is 0 Å². The third kappa shape index (κ3) is 8.08. The van der Waals surface area contributed by atoms with Crippen LogP contribution < -0.4 is 5.32 Å². The van der Waals surface area contributed by atoms with Gasteiger partial charge in [0, 0.05) is 12.0 Å². The summed E-state index contributed by atoms with van der Waals surface area (Å²) in [5.41, 5.74) is 1.86. The number of hydrogen-bond acceptors (Lipinski definition) is 0. The van der Waals surface area contributed by atoms with E-state index in [1.54, 1.807) is 0 Å². The molecule has 0 amide bonds. The second kappa shape index (κ2) is 11.4. The first-order chi connectivity index (χ1) is 13.5. The number of nitrogens with zero attached hydrogens (tertiary/aromatic N) is 1. The summed E-state index contributed by atoms with van der Waals surface area (Å²) in [5, 5.41) is 4.34. The van der Waals surface area contributed by atoms with Crippen molar-refractivity contribution in [2.75, 3.05) is 0 Å². The van der Waals surface area contributed by atoms with Gasteiger partial charge in [0.15, 0.2) is 0 Å². The van der Waals surface area contributed by atoms with E-state index >= 15 is 0 Å². The number of benzene rings is 2. The summed E-state index contributed by atoms with van der Waals surface area (Å²) in [4.78, 5) is 0. The summed E-state index contributed by atoms with van der Waals surface area (Å²) in [6.45, 7) is 2.65. The van der Waals surface area contributed by atoms with Crippen LogP contribution in [0.3, 0.4) is 0 Å². The fraction of sp³-hybridized carbons (Fsp3) is 0.417. The van der Waals surface area contributed by atoms with E-state index in [0.717, 1.165) is 36.1 Å². The van der Waals surface area contributed by atoms with Crippen LogP contribution in [0.25, 0.3) is 0 Å². The second-order valence-corrected chi connectivity index (χ2v) is 6.88. The molecule has 2 aromatic rings. The highest BCUT2D eigenvalue weighted by Crippen LogP contribution is 2.29. The molecule has 0 fully saturated rings. The van der Waals surface area contributed by atoms with Gasteiger partial charge in [-0.2, -0.15) is 13.2 Å². The van der Waals surface area contributed by atoms with Crippen molar-refractivity contribution >= 4 is 5.69 Å². The molecule has 1 radical (unpaired) electrons. The lowest BCUT2D eigenvalue weighted by molar-refractivity contribution is -0.137. The Labute approximate surface area is 166 Å². The van der Waals surface area contributed by atoms with Gasteiger partial charge < -0.3 is 0 Å². The van der Waals surface area contributed by atoms with Gasteiger partial charge in [0.25, 0.3) is 0 Å². The third-order valence-electron chi connectivity index (χ3n) is 4.48. The van der Waals surface area contributed by atoms with Crippen molar-refractivity contribution in [3.63, 3.8) is 0 Å². The minimum Gasteiger partial charge on any atom is -0.281 e. The predicted octanol–water partition coefficient (Wildman–Crippen LogP) is 7.24. The number of alkyl halides is 3. The molecule has 28 heavy (non-hydrogen) atoms. The molecular formula is C24H27F3N. The SMILES string of the molecule is CCCCCCCCC#Cc1ccc(C[N]c2ccc(C(F)(F)F)cc2)cc1. The summed E-state index contributed by atoms with van der Waals surface area (Å²) < 4.78 is 37.7. The van der Waals surface area contributed by atoms with E-state index in [-0.39, 0.29) is 0 Å². The van der Waals surface area contributed by atoms with Gasteiger partial charge >= 0.3 is 6.18 Å². The molecule has 0 atom stereocenters. The summed E-state index contributed by atoms with van der Waals surface area (Å²) >= 11 is 0. The average Bonchev–Trinajstić information content (AvgIpc) is 2.69. The second-order valence-electron chi connectivity index (χ2n) is 6.88. The molecule has 0 saturated heterocycles. The van der Waals surface area contributed by atoms with E-state index in [2.05, 4.69) is 24.1 Å². The van der Waals surface area contributed by atoms with Gasteiger partial charge in [-0.3, -0.25) is 5.32 Å². The Kier molecular flexibility index (Phi) is 8.94. The molecule has 0 aromatic heterocycles. The fourth-order valence-corrected chi connectivity index (χ4v) is 2.79. The van der Waals surface area contributed by atoms with Crippen LogP contribution in [-0.2, 0) is 12.7 Å². The lowest BCUT2D eigenvalue weighted by Crippen LogP contribution is -2.05. The van der Waals surface area contributed by atoms with Crippen LogP contribution in [-0.4, -0.2) is 0 Å². The molecule has 0 aliphatic rings. The highest BCUT2D eigenvalue weighted by atomic mass is 19.4. The first-order valence-corrected chi connectivity index (χ1v) is 9.91. The van der Waals surface area contributed by atoms with Gasteiger partial charge in [-0.15, -0.1) is 0 Å². The molecule has 0 unspecified atom stereocenters. The van der Waals surface area contributed by atoms with Crippen LogP contribution in [0.2, 0.25) is 0 Å². The zero-order valence-electron chi connectivity index (χ0n) is 16.4. The van der Waals surface area contributed by atoms with Gasteiger partial charge in [-0.25, -0.2) is 0 Å². The van der Waals surface area contributed by atoms with Gasteiger partial charge in [-0.1, -0.05) is 63.0 Å². The maximum absolute atomic E-state index is 12.6. The first-order valence-electron chi connectivity index (χ1n) is 9.91. The molecule has 0 bridgehead atoms. The van der Waals surface area contributed by atoms with Crippen LogP contribution >= 0.6 is 0 Å². The van der Waals surface area contributed by atoms with Crippen molar-refractivity contribution in [1.29, 1.82) is 0 Å². The highest BCUT2D eigenvalue weighted by molar-refractivity contribution is 5.40. The third-order valence-corrected chi connectivity index (χ3v) is 4.48. The Morgan fingerprint density at radius 2 is 1.46 bits per heavy atom. The van der Waals surface area contributed by atoms with Crippen molar-refractivity contribution < 1.29 is 13.2 Å². The van der Waals surface area contributed by atoms with Gasteiger partial charge in [0.05, 0.1) is 17.8 Å². The van der Waals surface area contributed by atoms with Crippen molar-refractivity contribution in [3.8, 4) is 11.8 Å². The number of rotatable bonds is 9. The van der Waals surface area contributed by atoms with Gasteiger partial charge in [-0.05, 0) is 48.4 Å². The molecule has 0 spiro atoms. The van der Waals surface area contributed by atoms with Crippen LogP contribution in [0, 0.1) is 11.8 Å². The number of hydrogen-bond donors (Lipinski definition) is 0. The molecule has 4 heteroatoms. The monoisotopic (exact) mass is 386 g/mol. The quantitative estimate of drug-likeness (QED) is 0.318. The molecule has 1 nitrogen and oxygen atoms in total. The van der Waals surface area contributed by atoms with Crippen molar-refractivity contribution in [2.45, 2.75) is 64.6 Å². The minimum atomic E-state index is -4.32. The highest BCUT2D eigenvalue weighted by Gasteiger charge is 2.29. The topological polar surface area (TPSA) is 14.1 Å². The molecule has 2 rings (SSSR count). The van der Waals surface area contributed by atoms with E-state index in [9.17, 15) is 13.2 Å². The maximum Gasteiger partial charge on any atom is 0.416 e. The Bertz CT molecular complexity index is 750. The molecule has 2 aromatic carbocycles. The molecule has 0 heterocycles. The Morgan fingerprint density at radius 3 is 2.11 bits per heavy atom. The van der Waals surface area contributed by atoms with E-state index in [1.807, 2.05) is 24.3 Å². The normalized spacial score (nSPS) is 11.0. The van der Waals surface area contributed by atoms with Crippen molar-refractivity contribution in [1.82, 2.24) is 5.32 Å². The smallest absolute Gasteiger partial charge is 0.281 e. The van der Waals surface area contributed by atoms with Crippen LogP contribution in [0.1, 0.15) is 68.6 Å². The summed E-state index contributed by atoms with van der Waals surface area (Å²) in [6.07, 6.45) is 4.23. The zero-order chi connectivity index (χ0) is 20.2. The van der Waals surface area contributed by atoms with Crippen LogP contribution in [0.4, 0.5) is 18.9 Å². The summed E-state index contributed by atoms with van der Waals surface area (Å²) in [6, 6.07) is 12.8. The largest absolute Gasteiger partial charge is 0.416 e. The van der Waals surface area contributed by atoms with E-state index in [4.69, 9.17) is 0 Å². The molecule has 0 N–H and O–H groups in total. The lowest BCUT2D eigenvalue weighted by atomic mass is 10.1. The molecule has 149 valence electrons. The summed E-state index contributed by atoms with van der Waals surface area (Å²) in [7, 11) is 0. The maximum atomic E-state index is 12.6. The Hall–Kier alpha value is -2.41. The van der Waals surface area contributed by atoms with Crippen molar-refractivity contribution in [3.05, 3.63) is 65.2 Å². The van der Waals surface area contributed by atoms with Gasteiger partial charge in [0.2, 0.25) is 0 Å². The Balaban J connectivity index is 1.73. The standard InChI is InChI=1S/C24H27F3N/c1-2-3-4-5-6-7-8-9-10-20-11-13-21(14-12-20)19-28-23-17-15-22(16-18-23)24(25,26)27/h11-18H,2-8,19H2,1H3. The van der Waals surface area contributed by atoms with Crippen LogP contribution in [0.5, 0.6) is 0 Å². The predicted molar refractivity (Wildman–Crippen MR) is 108 cm³/mol. The Morgan fingerprint density at radius 1 is 0.821 bits per heavy atom. The molecule has 0 saturated carbocycles. The zero-order valence-corrected chi connectivity index (χ0v) is 16.4. The van der Waals surface area contributed by atoms with Crippen LogP contribution in [0.15, 0.2) is 48.5 Å². The molecule has 0 aliphatic heterocycles. The summed E-state index contributed by atoms with van der Waals surface area (Å²) in [5.74, 6) is 6.40. The molecular weight excluding hydrogens is 359 g/mol.